The van der Waals surface area contributed by atoms with Gasteiger partial charge >= 0.3 is 6.18 Å². The van der Waals surface area contributed by atoms with E-state index < -0.39 is 11.7 Å². The smallest absolute Gasteiger partial charge is 0.399 e. The molecule has 18 heavy (non-hydrogen) atoms. The van der Waals surface area contributed by atoms with Crippen molar-refractivity contribution in [1.29, 1.82) is 0 Å². The minimum absolute atomic E-state index is 0.00981. The van der Waals surface area contributed by atoms with Gasteiger partial charge in [0.2, 0.25) is 0 Å². The molecular weight excluding hydrogens is 241 g/mol. The number of hydrogen-bond donors (Lipinski definition) is 2. The predicted molar refractivity (Wildman–Crippen MR) is 65.6 cm³/mol. The molecule has 0 spiro atoms. The molecule has 0 unspecified atom stereocenters. The second kappa shape index (κ2) is 4.60. The highest BCUT2D eigenvalue weighted by Gasteiger charge is 2.33. The highest BCUT2D eigenvalue weighted by atomic mass is 19.4. The van der Waals surface area contributed by atoms with Crippen LogP contribution in [0.2, 0.25) is 0 Å². The average molecular weight is 252 g/mol. The van der Waals surface area contributed by atoms with Crippen molar-refractivity contribution in [2.24, 2.45) is 0 Å². The fourth-order valence-corrected chi connectivity index (χ4v) is 1.61. The first-order valence-corrected chi connectivity index (χ1v) is 5.25. The Balaban J connectivity index is 2.35. The zero-order valence-corrected chi connectivity index (χ0v) is 9.33. The summed E-state index contributed by atoms with van der Waals surface area (Å²) in [5.74, 6) is 0. The van der Waals surface area contributed by atoms with Crippen LogP contribution in [-0.4, -0.2) is 0 Å². The number of nitrogen functional groups attached to an aromatic ring is 1. The van der Waals surface area contributed by atoms with Gasteiger partial charge in [0, 0.05) is 11.4 Å². The van der Waals surface area contributed by atoms with Crippen molar-refractivity contribution in [3.63, 3.8) is 0 Å². The second-order valence-electron chi connectivity index (χ2n) is 3.79. The van der Waals surface area contributed by atoms with Crippen molar-refractivity contribution in [1.82, 2.24) is 0 Å². The lowest BCUT2D eigenvalue weighted by Gasteiger charge is -2.14. The highest BCUT2D eigenvalue weighted by Crippen LogP contribution is 2.35. The first-order chi connectivity index (χ1) is 8.47. The van der Waals surface area contributed by atoms with Gasteiger partial charge in [-0.3, -0.25) is 0 Å². The molecule has 0 aromatic heterocycles. The van der Waals surface area contributed by atoms with Crippen LogP contribution in [0.3, 0.4) is 0 Å². The molecule has 0 aliphatic heterocycles. The number of nitrogens with one attached hydrogen (secondary N) is 1. The SMILES string of the molecule is Nc1cccc(Nc2ccccc2C(F)(F)F)c1. The van der Waals surface area contributed by atoms with Crippen LogP contribution in [0.25, 0.3) is 0 Å². The van der Waals surface area contributed by atoms with Gasteiger partial charge in [-0.15, -0.1) is 0 Å². The molecule has 0 saturated carbocycles. The summed E-state index contributed by atoms with van der Waals surface area (Å²) in [6.07, 6.45) is -4.39. The monoisotopic (exact) mass is 252 g/mol. The third-order valence-electron chi connectivity index (χ3n) is 2.40. The van der Waals surface area contributed by atoms with E-state index in [2.05, 4.69) is 5.32 Å². The second-order valence-corrected chi connectivity index (χ2v) is 3.79. The molecule has 0 aliphatic carbocycles. The van der Waals surface area contributed by atoms with Crippen LogP contribution in [0.4, 0.5) is 30.2 Å². The molecule has 2 aromatic rings. The van der Waals surface area contributed by atoms with Crippen LogP contribution in [0, 0.1) is 0 Å². The minimum atomic E-state index is -4.39. The molecule has 0 amide bonds. The third-order valence-corrected chi connectivity index (χ3v) is 2.40. The van der Waals surface area contributed by atoms with E-state index in [-0.39, 0.29) is 5.69 Å². The Hall–Kier alpha value is -2.17. The maximum Gasteiger partial charge on any atom is 0.418 e. The number of hydrogen-bond acceptors (Lipinski definition) is 2. The molecule has 94 valence electrons. The molecule has 0 radical (unpaired) electrons. The van der Waals surface area contributed by atoms with E-state index >= 15 is 0 Å². The Labute approximate surface area is 102 Å². The highest BCUT2D eigenvalue weighted by molar-refractivity contribution is 5.66. The third kappa shape index (κ3) is 2.74. The van der Waals surface area contributed by atoms with E-state index in [4.69, 9.17) is 5.73 Å². The fourth-order valence-electron chi connectivity index (χ4n) is 1.61. The molecule has 0 heterocycles. The molecule has 0 fully saturated rings. The van der Waals surface area contributed by atoms with E-state index in [1.165, 1.54) is 12.1 Å². The van der Waals surface area contributed by atoms with Gasteiger partial charge in [-0.25, -0.2) is 0 Å². The molecule has 2 aromatic carbocycles. The van der Waals surface area contributed by atoms with Crippen LogP contribution < -0.4 is 11.1 Å². The number of benzene rings is 2. The standard InChI is InChI=1S/C13H11F3N2/c14-13(15,16)11-6-1-2-7-12(11)18-10-5-3-4-9(17)8-10/h1-8,18H,17H2. The lowest BCUT2D eigenvalue weighted by Crippen LogP contribution is -2.08. The Bertz CT molecular complexity index is 550. The van der Waals surface area contributed by atoms with Crippen LogP contribution in [0.5, 0.6) is 0 Å². The van der Waals surface area contributed by atoms with Crippen molar-refractivity contribution in [2.75, 3.05) is 11.1 Å². The number of halogens is 3. The average Bonchev–Trinajstić information content (AvgIpc) is 2.28. The molecule has 0 bridgehead atoms. The quantitative estimate of drug-likeness (QED) is 0.792. The summed E-state index contributed by atoms with van der Waals surface area (Å²) < 4.78 is 38.3. The molecule has 2 nitrogen and oxygen atoms in total. The van der Waals surface area contributed by atoms with Crippen LogP contribution in [0.15, 0.2) is 48.5 Å². The normalized spacial score (nSPS) is 11.3. The summed E-state index contributed by atoms with van der Waals surface area (Å²) in [6.45, 7) is 0. The Morgan fingerprint density at radius 2 is 1.67 bits per heavy atom. The zero-order chi connectivity index (χ0) is 13.2. The molecule has 0 aliphatic rings. The number of alkyl halides is 3. The molecule has 0 atom stereocenters. The molecule has 0 saturated heterocycles. The topological polar surface area (TPSA) is 38.0 Å². The van der Waals surface area contributed by atoms with E-state index in [1.54, 1.807) is 30.3 Å². The van der Waals surface area contributed by atoms with Gasteiger partial charge in [0.15, 0.2) is 0 Å². The molecular formula is C13H11F3N2. The Morgan fingerprint density at radius 3 is 2.33 bits per heavy atom. The number of rotatable bonds is 2. The van der Waals surface area contributed by atoms with Crippen molar-refractivity contribution in [3.8, 4) is 0 Å². The first kappa shape index (κ1) is 12.3. The van der Waals surface area contributed by atoms with Gasteiger partial charge in [-0.1, -0.05) is 18.2 Å². The van der Waals surface area contributed by atoms with Gasteiger partial charge < -0.3 is 11.1 Å². The van der Waals surface area contributed by atoms with Gasteiger partial charge in [-0.2, -0.15) is 13.2 Å². The number of nitrogens with two attached hydrogens (primary N) is 1. The summed E-state index contributed by atoms with van der Waals surface area (Å²) in [6, 6.07) is 11.9. The predicted octanol–water partition coefficient (Wildman–Crippen LogP) is 4.03. The first-order valence-electron chi connectivity index (χ1n) is 5.25. The van der Waals surface area contributed by atoms with Crippen LogP contribution in [0.1, 0.15) is 5.56 Å². The van der Waals surface area contributed by atoms with Crippen molar-refractivity contribution in [2.45, 2.75) is 6.18 Å². The summed E-state index contributed by atoms with van der Waals surface area (Å²) in [5.41, 5.74) is 5.89. The van der Waals surface area contributed by atoms with Crippen molar-refractivity contribution in [3.05, 3.63) is 54.1 Å². The zero-order valence-electron chi connectivity index (χ0n) is 9.33. The number of anilines is 3. The van der Waals surface area contributed by atoms with Gasteiger partial charge in [0.25, 0.3) is 0 Å². The van der Waals surface area contributed by atoms with Gasteiger partial charge in [0.1, 0.15) is 0 Å². The van der Waals surface area contributed by atoms with Crippen molar-refractivity contribution >= 4 is 17.1 Å². The Morgan fingerprint density at radius 1 is 0.944 bits per heavy atom. The lowest BCUT2D eigenvalue weighted by molar-refractivity contribution is -0.136. The molecule has 3 N–H and O–H groups in total. The van der Waals surface area contributed by atoms with E-state index in [9.17, 15) is 13.2 Å². The van der Waals surface area contributed by atoms with Crippen LogP contribution in [-0.2, 0) is 6.18 Å². The largest absolute Gasteiger partial charge is 0.418 e. The van der Waals surface area contributed by atoms with Gasteiger partial charge in [-0.05, 0) is 30.3 Å². The minimum Gasteiger partial charge on any atom is -0.399 e. The number of para-hydroxylation sites is 1. The summed E-state index contributed by atoms with van der Waals surface area (Å²) >= 11 is 0. The van der Waals surface area contributed by atoms with Crippen LogP contribution >= 0.6 is 0 Å². The molecule has 5 heteroatoms. The molecule has 2 rings (SSSR count). The van der Waals surface area contributed by atoms with Crippen molar-refractivity contribution < 1.29 is 13.2 Å². The van der Waals surface area contributed by atoms with E-state index in [0.717, 1.165) is 6.07 Å². The summed E-state index contributed by atoms with van der Waals surface area (Å²) in [5, 5.41) is 2.72. The Kier molecular flexibility index (Phi) is 3.14. The maximum absolute atomic E-state index is 12.8. The fraction of sp³-hybridized carbons (Fsp3) is 0.0769. The van der Waals surface area contributed by atoms with E-state index in [1.807, 2.05) is 0 Å². The summed E-state index contributed by atoms with van der Waals surface area (Å²) in [4.78, 5) is 0. The van der Waals surface area contributed by atoms with E-state index in [0.29, 0.717) is 11.4 Å². The summed E-state index contributed by atoms with van der Waals surface area (Å²) in [7, 11) is 0. The maximum atomic E-state index is 12.8. The van der Waals surface area contributed by atoms with Gasteiger partial charge in [0.05, 0.1) is 11.3 Å². The lowest BCUT2D eigenvalue weighted by atomic mass is 10.1.